The van der Waals surface area contributed by atoms with Crippen LogP contribution in [-0.4, -0.2) is 42.8 Å². The Morgan fingerprint density at radius 3 is 2.32 bits per heavy atom. The minimum absolute atomic E-state index is 0.0132. The van der Waals surface area contributed by atoms with E-state index in [9.17, 15) is 27.2 Å². The maximum Gasteiger partial charge on any atom is 0.340 e. The summed E-state index contributed by atoms with van der Waals surface area (Å²) < 4.78 is 48.8. The van der Waals surface area contributed by atoms with Gasteiger partial charge in [-0.1, -0.05) is 29.8 Å². The van der Waals surface area contributed by atoms with E-state index in [4.69, 9.17) is 16.3 Å². The van der Waals surface area contributed by atoms with Crippen LogP contribution in [0, 0.1) is 12.7 Å². The first kappa shape index (κ1) is 29.6. The number of aromatic nitrogens is 2. The van der Waals surface area contributed by atoms with E-state index in [1.807, 2.05) is 6.07 Å². The first-order valence-corrected chi connectivity index (χ1v) is 14.0. The van der Waals surface area contributed by atoms with Crippen LogP contribution >= 0.6 is 11.6 Å². The highest BCUT2D eigenvalue weighted by Gasteiger charge is 2.27. The van der Waals surface area contributed by atoms with Gasteiger partial charge in [-0.2, -0.15) is 0 Å². The molecule has 0 aliphatic carbocycles. The van der Waals surface area contributed by atoms with Crippen molar-refractivity contribution >= 4 is 44.9 Å². The maximum atomic E-state index is 13.3. The first-order valence-electron chi connectivity index (χ1n) is 12.2. The Balaban J connectivity index is 1.53. The van der Waals surface area contributed by atoms with Crippen molar-refractivity contribution in [2.24, 2.45) is 7.05 Å². The predicted octanol–water partition coefficient (Wildman–Crippen LogP) is 4.29. The fraction of sp³-hybridized carbons (Fsp3) is 0.179. The number of halogens is 2. The monoisotopic (exact) mass is 600 g/mol. The first-order chi connectivity index (χ1) is 19.3. The van der Waals surface area contributed by atoms with Gasteiger partial charge in [0, 0.05) is 14.1 Å². The summed E-state index contributed by atoms with van der Waals surface area (Å²) in [5, 5.41) is 2.42. The zero-order valence-corrected chi connectivity index (χ0v) is 24.0. The molecule has 0 aliphatic heterocycles. The van der Waals surface area contributed by atoms with Gasteiger partial charge in [-0.25, -0.2) is 22.3 Å². The average Bonchev–Trinajstić information content (AvgIpc) is 3.16. The molecule has 1 heterocycles. The summed E-state index contributed by atoms with van der Waals surface area (Å²) in [6.45, 7) is 2.96. The molecule has 10 nitrogen and oxygen atoms in total. The summed E-state index contributed by atoms with van der Waals surface area (Å²) in [6, 6.07) is 17.1. The highest BCUT2D eigenvalue weighted by atomic mass is 35.5. The maximum absolute atomic E-state index is 13.3. The molecule has 0 saturated carbocycles. The van der Waals surface area contributed by atoms with Crippen LogP contribution in [0.15, 0.2) is 82.5 Å². The molecular formula is C28H26ClFN4O6S. The highest BCUT2D eigenvalue weighted by Crippen LogP contribution is 2.27. The van der Waals surface area contributed by atoms with E-state index in [0.29, 0.717) is 11.4 Å². The van der Waals surface area contributed by atoms with Gasteiger partial charge in [0.15, 0.2) is 6.10 Å². The molecule has 13 heteroatoms. The minimum Gasteiger partial charge on any atom is -0.449 e. The Morgan fingerprint density at radius 1 is 1.05 bits per heavy atom. The normalized spacial score (nSPS) is 12.0. The van der Waals surface area contributed by atoms with Gasteiger partial charge in [-0.3, -0.25) is 18.6 Å². The Hall–Kier alpha value is -4.42. The Kier molecular flexibility index (Phi) is 8.36. The summed E-state index contributed by atoms with van der Waals surface area (Å²) in [4.78, 5) is 38.7. The van der Waals surface area contributed by atoms with Gasteiger partial charge in [0.05, 0.1) is 32.6 Å². The topological polar surface area (TPSA) is 120 Å². The molecule has 1 N–H and O–H groups in total. The van der Waals surface area contributed by atoms with Gasteiger partial charge in [-0.05, 0) is 68.4 Å². The van der Waals surface area contributed by atoms with Crippen LogP contribution < -0.4 is 15.2 Å². The summed E-state index contributed by atoms with van der Waals surface area (Å²) in [5.74, 6) is -2.36. The predicted molar refractivity (Wildman–Crippen MR) is 153 cm³/mol. The Morgan fingerprint density at radius 2 is 1.68 bits per heavy atom. The Labute approximate surface area is 240 Å². The number of anilines is 2. The van der Waals surface area contributed by atoms with Crippen molar-refractivity contribution in [2.45, 2.75) is 24.8 Å². The molecule has 41 heavy (non-hydrogen) atoms. The molecular weight excluding hydrogens is 575 g/mol. The molecule has 4 rings (SSSR count). The molecule has 3 aromatic carbocycles. The second-order valence-corrected chi connectivity index (χ2v) is 11.4. The zero-order chi connectivity index (χ0) is 30.1. The van der Waals surface area contributed by atoms with Crippen LogP contribution in [0.2, 0.25) is 5.02 Å². The van der Waals surface area contributed by atoms with Gasteiger partial charge in [0.25, 0.3) is 21.5 Å². The third-order valence-corrected chi connectivity index (χ3v) is 8.57. The molecule has 1 amide bonds. The summed E-state index contributed by atoms with van der Waals surface area (Å²) >= 11 is 6.17. The number of hydrogen-bond acceptors (Lipinski definition) is 6. The van der Waals surface area contributed by atoms with E-state index < -0.39 is 39.4 Å². The van der Waals surface area contributed by atoms with E-state index in [0.717, 1.165) is 22.5 Å². The van der Waals surface area contributed by atoms with Crippen molar-refractivity contribution in [3.8, 4) is 5.69 Å². The molecule has 0 bridgehead atoms. The molecule has 0 fully saturated rings. The zero-order valence-electron chi connectivity index (χ0n) is 22.5. The van der Waals surface area contributed by atoms with E-state index >= 15 is 0 Å². The Bertz CT molecular complexity index is 1790. The van der Waals surface area contributed by atoms with E-state index in [1.165, 1.54) is 42.9 Å². The molecule has 1 aromatic heterocycles. The smallest absolute Gasteiger partial charge is 0.340 e. The van der Waals surface area contributed by atoms with Crippen molar-refractivity contribution in [1.82, 2.24) is 9.36 Å². The number of ether oxygens (including phenoxy) is 1. The lowest BCUT2D eigenvalue weighted by molar-refractivity contribution is -0.123. The second kappa shape index (κ2) is 11.6. The number of nitrogens with one attached hydrogen (secondary N) is 1. The number of rotatable bonds is 8. The lowest BCUT2D eigenvalue weighted by Gasteiger charge is -2.20. The molecule has 214 valence electrons. The average molecular weight is 601 g/mol. The molecule has 1 unspecified atom stereocenters. The van der Waals surface area contributed by atoms with Gasteiger partial charge in [0.1, 0.15) is 11.5 Å². The number of carbonyl (C=O) groups is 2. The van der Waals surface area contributed by atoms with Crippen LogP contribution in [0.5, 0.6) is 0 Å². The summed E-state index contributed by atoms with van der Waals surface area (Å²) in [6.07, 6.45) is -1.37. The lowest BCUT2D eigenvalue weighted by atomic mass is 10.2. The fourth-order valence-electron chi connectivity index (χ4n) is 3.98. The fourth-order valence-corrected chi connectivity index (χ4v) is 5.40. The molecule has 0 spiro atoms. The van der Waals surface area contributed by atoms with Crippen molar-refractivity contribution < 1.29 is 27.1 Å². The number of esters is 1. The number of benzene rings is 3. The van der Waals surface area contributed by atoms with Gasteiger partial charge in [-0.15, -0.1) is 0 Å². The van der Waals surface area contributed by atoms with Gasteiger partial charge < -0.3 is 10.1 Å². The standard InChI is InChI=1S/C28H26ClFN4O6S/c1-17-25(27(36)34(32(17)3)21-8-6-5-7-9-21)31-26(35)18(2)40-28(37)23-16-22(14-15-24(23)29)41(38,39)33(4)20-12-10-19(30)11-13-20/h5-16,18H,1-4H3,(H,31,35). The van der Waals surface area contributed by atoms with Gasteiger partial charge >= 0.3 is 5.97 Å². The van der Waals surface area contributed by atoms with Crippen LogP contribution in [0.3, 0.4) is 0 Å². The number of sulfonamides is 1. The number of para-hydroxylation sites is 1. The molecule has 0 aliphatic rings. The largest absolute Gasteiger partial charge is 0.449 e. The van der Waals surface area contributed by atoms with Crippen molar-refractivity contribution in [3.05, 3.63) is 105 Å². The van der Waals surface area contributed by atoms with E-state index in [1.54, 1.807) is 42.9 Å². The van der Waals surface area contributed by atoms with Crippen molar-refractivity contribution in [2.75, 3.05) is 16.7 Å². The molecule has 0 radical (unpaired) electrons. The molecule has 4 aromatic rings. The molecule has 0 saturated heterocycles. The van der Waals surface area contributed by atoms with Crippen LogP contribution in [0.1, 0.15) is 23.0 Å². The minimum atomic E-state index is -4.17. The van der Waals surface area contributed by atoms with E-state index in [2.05, 4.69) is 5.32 Å². The number of nitrogens with zero attached hydrogens (tertiary/aromatic N) is 3. The van der Waals surface area contributed by atoms with E-state index in [-0.39, 0.29) is 26.9 Å². The SMILES string of the molecule is Cc1c(NC(=O)C(C)OC(=O)c2cc(S(=O)(=O)N(C)c3ccc(F)cc3)ccc2Cl)c(=O)n(-c2ccccc2)n1C. The van der Waals surface area contributed by atoms with Crippen molar-refractivity contribution in [1.29, 1.82) is 0 Å². The highest BCUT2D eigenvalue weighted by molar-refractivity contribution is 7.92. The number of hydrogen-bond donors (Lipinski definition) is 1. The second-order valence-electron chi connectivity index (χ2n) is 9.06. The third-order valence-electron chi connectivity index (χ3n) is 6.46. The number of carbonyl (C=O) groups excluding carboxylic acids is 2. The van der Waals surface area contributed by atoms with Crippen LogP contribution in [0.4, 0.5) is 15.8 Å². The quantitative estimate of drug-likeness (QED) is 0.301. The summed E-state index contributed by atoms with van der Waals surface area (Å²) in [7, 11) is -1.23. The van der Waals surface area contributed by atoms with Crippen molar-refractivity contribution in [3.63, 3.8) is 0 Å². The van der Waals surface area contributed by atoms with Gasteiger partial charge in [0.2, 0.25) is 0 Å². The molecule has 1 atom stereocenters. The summed E-state index contributed by atoms with van der Waals surface area (Å²) in [5.41, 5.74) is 0.503. The number of amides is 1. The lowest BCUT2D eigenvalue weighted by Crippen LogP contribution is -2.32. The third kappa shape index (κ3) is 5.88. The van der Waals surface area contributed by atoms with Crippen LogP contribution in [-0.2, 0) is 26.6 Å². The van der Waals surface area contributed by atoms with Crippen LogP contribution in [0.25, 0.3) is 5.69 Å².